The molecule has 0 bridgehead atoms. The Hall–Kier alpha value is -1.37. The van der Waals surface area contributed by atoms with Gasteiger partial charge in [-0.15, -0.1) is 5.10 Å². The van der Waals surface area contributed by atoms with Crippen molar-refractivity contribution in [2.45, 2.75) is 38.0 Å². The average Bonchev–Trinajstić information content (AvgIpc) is 2.87. The van der Waals surface area contributed by atoms with Gasteiger partial charge >= 0.3 is 0 Å². The molecule has 4 nitrogen and oxygen atoms in total. The molecular weight excluding hydrogens is 330 g/mol. The van der Waals surface area contributed by atoms with Crippen molar-refractivity contribution in [1.29, 1.82) is 0 Å². The Labute approximate surface area is 123 Å². The fraction of sp³-hybridized carbons (Fsp3) is 0.462. The van der Waals surface area contributed by atoms with Crippen molar-refractivity contribution in [1.82, 2.24) is 20.2 Å². The van der Waals surface area contributed by atoms with E-state index in [1.165, 1.54) is 23.2 Å². The number of nitrogens with zero attached hydrogens (tertiary/aromatic N) is 4. The topological polar surface area (TPSA) is 43.6 Å². The molecule has 0 N–H and O–H groups in total. The summed E-state index contributed by atoms with van der Waals surface area (Å²) in [6.45, 7) is 0. The lowest BCUT2D eigenvalue weighted by Gasteiger charge is -2.20. The first-order valence-electron chi connectivity index (χ1n) is 6.60. The summed E-state index contributed by atoms with van der Waals surface area (Å²) < 4.78 is 29.6. The van der Waals surface area contributed by atoms with Crippen molar-refractivity contribution in [2.75, 3.05) is 0 Å². The van der Waals surface area contributed by atoms with E-state index < -0.39 is 11.6 Å². The molecule has 20 heavy (non-hydrogen) atoms. The number of halogens is 3. The van der Waals surface area contributed by atoms with Gasteiger partial charge in [-0.25, -0.2) is 8.78 Å². The first-order chi connectivity index (χ1) is 9.66. The van der Waals surface area contributed by atoms with Crippen LogP contribution in [0.4, 0.5) is 8.78 Å². The van der Waals surface area contributed by atoms with E-state index in [2.05, 4.69) is 31.5 Å². The second kappa shape index (κ2) is 5.55. The minimum Gasteiger partial charge on any atom is -0.204 e. The number of benzene rings is 1. The molecule has 106 valence electrons. The third kappa shape index (κ3) is 2.46. The molecule has 2 aromatic rings. The third-order valence-corrected chi connectivity index (χ3v) is 4.12. The van der Waals surface area contributed by atoms with Crippen LogP contribution in [0.5, 0.6) is 0 Å². The van der Waals surface area contributed by atoms with Crippen molar-refractivity contribution in [3.63, 3.8) is 0 Å². The lowest BCUT2D eigenvalue weighted by atomic mass is 9.88. The van der Waals surface area contributed by atoms with Gasteiger partial charge in [-0.3, -0.25) is 0 Å². The van der Waals surface area contributed by atoms with Gasteiger partial charge in [0.25, 0.3) is 0 Å². The minimum absolute atomic E-state index is 0.168. The van der Waals surface area contributed by atoms with Crippen molar-refractivity contribution >= 4 is 15.9 Å². The minimum atomic E-state index is -0.679. The molecule has 0 saturated heterocycles. The fourth-order valence-corrected chi connectivity index (χ4v) is 3.11. The predicted molar refractivity (Wildman–Crippen MR) is 72.6 cm³/mol. The molecule has 1 aromatic heterocycles. The summed E-state index contributed by atoms with van der Waals surface area (Å²) in [5.74, 6) is -0.645. The molecule has 1 aromatic carbocycles. The van der Waals surface area contributed by atoms with Crippen LogP contribution in [-0.4, -0.2) is 20.2 Å². The van der Waals surface area contributed by atoms with E-state index in [1.54, 1.807) is 0 Å². The van der Waals surface area contributed by atoms with Gasteiger partial charge in [0.05, 0.1) is 0 Å². The SMILES string of the molecule is Fc1cc(Br)cc(F)c1-n1nnnc1C1CCCCC1. The first-order valence-corrected chi connectivity index (χ1v) is 7.39. The molecule has 0 aliphatic heterocycles. The molecule has 1 heterocycles. The zero-order valence-corrected chi connectivity index (χ0v) is 12.3. The quantitative estimate of drug-likeness (QED) is 0.834. The highest BCUT2D eigenvalue weighted by Crippen LogP contribution is 2.33. The van der Waals surface area contributed by atoms with E-state index in [-0.39, 0.29) is 11.6 Å². The molecule has 1 saturated carbocycles. The first kappa shape index (κ1) is 13.6. The number of aromatic nitrogens is 4. The van der Waals surface area contributed by atoms with Gasteiger partial charge in [-0.05, 0) is 35.4 Å². The van der Waals surface area contributed by atoms with E-state index in [1.807, 2.05) is 0 Å². The summed E-state index contributed by atoms with van der Waals surface area (Å²) in [6, 6.07) is 2.43. The summed E-state index contributed by atoms with van der Waals surface area (Å²) in [7, 11) is 0. The van der Waals surface area contributed by atoms with Gasteiger partial charge in [0, 0.05) is 10.4 Å². The van der Waals surface area contributed by atoms with Crippen LogP contribution < -0.4 is 0 Å². The maximum Gasteiger partial charge on any atom is 0.160 e. The van der Waals surface area contributed by atoms with Crippen LogP contribution >= 0.6 is 15.9 Å². The maximum absolute atomic E-state index is 14.0. The van der Waals surface area contributed by atoms with Crippen molar-refractivity contribution in [3.05, 3.63) is 34.1 Å². The third-order valence-electron chi connectivity index (χ3n) is 3.66. The molecule has 7 heteroatoms. The lowest BCUT2D eigenvalue weighted by Crippen LogP contribution is -2.14. The van der Waals surface area contributed by atoms with Crippen LogP contribution in [0.1, 0.15) is 43.8 Å². The molecule has 0 spiro atoms. The number of hydrogen-bond donors (Lipinski definition) is 0. The Morgan fingerprint density at radius 2 is 1.75 bits per heavy atom. The molecular formula is C13H13BrF2N4. The summed E-state index contributed by atoms with van der Waals surface area (Å²) in [5.41, 5.74) is -0.209. The van der Waals surface area contributed by atoms with Gasteiger partial charge < -0.3 is 0 Å². The maximum atomic E-state index is 14.0. The molecule has 1 aliphatic carbocycles. The molecule has 0 radical (unpaired) electrons. The van der Waals surface area contributed by atoms with Crippen LogP contribution in [-0.2, 0) is 0 Å². The Balaban J connectivity index is 2.05. The molecule has 1 aliphatic rings. The highest BCUT2D eigenvalue weighted by atomic mass is 79.9. The summed E-state index contributed by atoms with van der Waals surface area (Å²) in [4.78, 5) is 0. The Morgan fingerprint density at radius 3 is 2.40 bits per heavy atom. The van der Waals surface area contributed by atoms with Gasteiger partial charge in [0.1, 0.15) is 5.69 Å². The van der Waals surface area contributed by atoms with Crippen LogP contribution in [0, 0.1) is 11.6 Å². The second-order valence-electron chi connectivity index (χ2n) is 5.00. The monoisotopic (exact) mass is 342 g/mol. The largest absolute Gasteiger partial charge is 0.204 e. The summed E-state index contributed by atoms with van der Waals surface area (Å²) in [6.07, 6.45) is 5.31. The van der Waals surface area contributed by atoms with E-state index >= 15 is 0 Å². The second-order valence-corrected chi connectivity index (χ2v) is 5.92. The van der Waals surface area contributed by atoms with Crippen LogP contribution in [0.3, 0.4) is 0 Å². The molecule has 0 atom stereocenters. The van der Waals surface area contributed by atoms with E-state index in [9.17, 15) is 8.78 Å². The number of hydrogen-bond acceptors (Lipinski definition) is 3. The molecule has 3 rings (SSSR count). The van der Waals surface area contributed by atoms with Gasteiger partial charge in [-0.1, -0.05) is 35.2 Å². The highest BCUT2D eigenvalue weighted by Gasteiger charge is 2.25. The van der Waals surface area contributed by atoms with Crippen molar-refractivity contribution in [2.24, 2.45) is 0 Å². The van der Waals surface area contributed by atoms with E-state index in [0.717, 1.165) is 25.7 Å². The van der Waals surface area contributed by atoms with E-state index in [0.29, 0.717) is 10.3 Å². The van der Waals surface area contributed by atoms with Gasteiger partial charge in [0.15, 0.2) is 17.5 Å². The van der Waals surface area contributed by atoms with Crippen LogP contribution in [0.2, 0.25) is 0 Å². The van der Waals surface area contributed by atoms with Gasteiger partial charge in [0.2, 0.25) is 0 Å². The Bertz CT molecular complexity index is 600. The zero-order valence-electron chi connectivity index (χ0n) is 10.7. The molecule has 0 unspecified atom stereocenters. The van der Waals surface area contributed by atoms with E-state index in [4.69, 9.17) is 0 Å². The standard InChI is InChI=1S/C13H13BrF2N4/c14-9-6-10(15)12(11(16)7-9)20-13(17-18-19-20)8-4-2-1-3-5-8/h6-8H,1-5H2. The molecule has 1 fully saturated rings. The van der Waals surface area contributed by atoms with Crippen LogP contribution in [0.15, 0.2) is 16.6 Å². The normalized spacial score (nSPS) is 16.6. The Kier molecular flexibility index (Phi) is 3.78. The smallest absolute Gasteiger partial charge is 0.160 e. The average molecular weight is 343 g/mol. The number of rotatable bonds is 2. The highest BCUT2D eigenvalue weighted by molar-refractivity contribution is 9.10. The zero-order chi connectivity index (χ0) is 14.1. The summed E-state index contributed by atoms with van der Waals surface area (Å²) in [5, 5.41) is 11.3. The van der Waals surface area contributed by atoms with Crippen molar-refractivity contribution in [3.8, 4) is 5.69 Å². The number of tetrazole rings is 1. The Morgan fingerprint density at radius 1 is 1.10 bits per heavy atom. The van der Waals surface area contributed by atoms with Crippen molar-refractivity contribution < 1.29 is 8.78 Å². The predicted octanol–water partition coefficient (Wildman–Crippen LogP) is 3.75. The van der Waals surface area contributed by atoms with Crippen LogP contribution in [0.25, 0.3) is 5.69 Å². The summed E-state index contributed by atoms with van der Waals surface area (Å²) >= 11 is 3.06. The van der Waals surface area contributed by atoms with Gasteiger partial charge in [-0.2, -0.15) is 4.68 Å². The lowest BCUT2D eigenvalue weighted by molar-refractivity contribution is 0.419. The molecule has 0 amide bonds. The fourth-order valence-electron chi connectivity index (χ4n) is 2.71.